The zero-order valence-electron chi connectivity index (χ0n) is 13.6. The lowest BCUT2D eigenvalue weighted by Crippen LogP contribution is -2.44. The van der Waals surface area contributed by atoms with E-state index in [4.69, 9.17) is 0 Å². The Kier molecular flexibility index (Phi) is 4.86. The first-order valence-electron chi connectivity index (χ1n) is 8.41. The Morgan fingerprint density at radius 3 is 2.87 bits per heavy atom. The third-order valence-electron chi connectivity index (χ3n) is 4.72. The van der Waals surface area contributed by atoms with Gasteiger partial charge in [-0.2, -0.15) is 0 Å². The molecule has 5 nitrogen and oxygen atoms in total. The molecule has 0 atom stereocenters. The summed E-state index contributed by atoms with van der Waals surface area (Å²) in [7, 11) is 0. The lowest BCUT2D eigenvalue weighted by molar-refractivity contribution is 0.117. The van der Waals surface area contributed by atoms with E-state index in [1.165, 1.54) is 22.0 Å². The van der Waals surface area contributed by atoms with Crippen LogP contribution in [-0.2, 0) is 6.42 Å². The van der Waals surface area contributed by atoms with Gasteiger partial charge in [0.1, 0.15) is 0 Å². The molecule has 1 aromatic heterocycles. The van der Waals surface area contributed by atoms with Crippen LogP contribution >= 0.6 is 0 Å². The summed E-state index contributed by atoms with van der Waals surface area (Å²) >= 11 is 0. The first kappa shape index (κ1) is 15.9. The van der Waals surface area contributed by atoms with Gasteiger partial charge in [0.2, 0.25) is 0 Å². The van der Waals surface area contributed by atoms with Gasteiger partial charge in [-0.05, 0) is 50.2 Å². The van der Waals surface area contributed by atoms with Crippen molar-refractivity contribution in [3.63, 3.8) is 0 Å². The van der Waals surface area contributed by atoms with E-state index in [0.717, 1.165) is 32.1 Å². The smallest absolute Gasteiger partial charge is 0.315 e. The number of para-hydroxylation sites is 1. The van der Waals surface area contributed by atoms with Crippen molar-refractivity contribution in [2.24, 2.45) is 0 Å². The Morgan fingerprint density at radius 2 is 2.09 bits per heavy atom. The van der Waals surface area contributed by atoms with E-state index in [1.807, 2.05) is 6.20 Å². The second kappa shape index (κ2) is 7.04. The number of benzene rings is 1. The van der Waals surface area contributed by atoms with Gasteiger partial charge in [0.25, 0.3) is 0 Å². The Balaban J connectivity index is 1.47. The topological polar surface area (TPSA) is 77.2 Å². The van der Waals surface area contributed by atoms with E-state index in [-0.39, 0.29) is 18.2 Å². The second-order valence-electron chi connectivity index (χ2n) is 6.47. The molecule has 0 unspecified atom stereocenters. The molecule has 1 aliphatic carbocycles. The van der Waals surface area contributed by atoms with Crippen LogP contribution in [0.15, 0.2) is 24.4 Å². The molecule has 124 valence electrons. The van der Waals surface area contributed by atoms with Gasteiger partial charge in [-0.15, -0.1) is 0 Å². The number of aryl methyl sites for hydroxylation is 1. The highest BCUT2D eigenvalue weighted by atomic mass is 16.3. The van der Waals surface area contributed by atoms with Crippen molar-refractivity contribution >= 4 is 16.9 Å². The molecule has 23 heavy (non-hydrogen) atoms. The molecule has 5 heteroatoms. The molecule has 2 amide bonds. The number of carbonyl (C=O) groups excluding carboxylic acids is 1. The van der Waals surface area contributed by atoms with Gasteiger partial charge in [0, 0.05) is 29.7 Å². The number of aliphatic hydroxyl groups excluding tert-OH is 1. The van der Waals surface area contributed by atoms with Crippen LogP contribution in [0.25, 0.3) is 10.9 Å². The van der Waals surface area contributed by atoms with Crippen molar-refractivity contribution in [3.8, 4) is 0 Å². The van der Waals surface area contributed by atoms with Crippen LogP contribution in [0.2, 0.25) is 0 Å². The highest BCUT2D eigenvalue weighted by Crippen LogP contribution is 2.21. The maximum absolute atomic E-state index is 11.9. The van der Waals surface area contributed by atoms with Crippen LogP contribution in [0.3, 0.4) is 0 Å². The van der Waals surface area contributed by atoms with E-state index >= 15 is 0 Å². The Morgan fingerprint density at radius 1 is 1.30 bits per heavy atom. The summed E-state index contributed by atoms with van der Waals surface area (Å²) in [5.41, 5.74) is 3.64. The first-order valence-corrected chi connectivity index (χ1v) is 8.41. The average Bonchev–Trinajstić information content (AvgIpc) is 2.94. The molecule has 1 fully saturated rings. The number of aromatic amines is 1. The lowest BCUT2D eigenvalue weighted by atomic mass is 9.93. The largest absolute Gasteiger partial charge is 0.393 e. The van der Waals surface area contributed by atoms with Crippen LogP contribution in [0.1, 0.15) is 36.8 Å². The number of amides is 2. The number of carbonyl (C=O) groups is 1. The molecule has 0 saturated heterocycles. The summed E-state index contributed by atoms with van der Waals surface area (Å²) in [6.07, 6.45) is 5.91. The van der Waals surface area contributed by atoms with Crippen molar-refractivity contribution in [1.82, 2.24) is 15.6 Å². The lowest BCUT2D eigenvalue weighted by Gasteiger charge is -2.26. The summed E-state index contributed by atoms with van der Waals surface area (Å²) in [5.74, 6) is 0. The van der Waals surface area contributed by atoms with Crippen LogP contribution in [0, 0.1) is 6.92 Å². The fourth-order valence-corrected chi connectivity index (χ4v) is 3.34. The van der Waals surface area contributed by atoms with E-state index in [0.29, 0.717) is 6.54 Å². The summed E-state index contributed by atoms with van der Waals surface area (Å²) in [6.45, 7) is 2.71. The van der Waals surface area contributed by atoms with Gasteiger partial charge in [0.05, 0.1) is 6.10 Å². The summed E-state index contributed by atoms with van der Waals surface area (Å²) in [4.78, 5) is 15.3. The molecule has 4 N–H and O–H groups in total. The van der Waals surface area contributed by atoms with Crippen molar-refractivity contribution in [3.05, 3.63) is 35.5 Å². The highest BCUT2D eigenvalue weighted by molar-refractivity contribution is 5.85. The van der Waals surface area contributed by atoms with Crippen LogP contribution in [-0.4, -0.2) is 34.8 Å². The third-order valence-corrected chi connectivity index (χ3v) is 4.72. The molecule has 3 rings (SSSR count). The van der Waals surface area contributed by atoms with Crippen molar-refractivity contribution in [1.29, 1.82) is 0 Å². The number of aromatic nitrogens is 1. The standard InChI is InChI=1S/C18H25N3O2/c1-12-3-2-4-16-13(11-20-17(12)16)9-10-19-18(23)21-14-5-7-15(22)8-6-14/h2-4,11,14-15,20,22H,5-10H2,1H3,(H2,19,21,23). The number of urea groups is 1. The Hall–Kier alpha value is -2.01. The zero-order valence-corrected chi connectivity index (χ0v) is 13.6. The molecular weight excluding hydrogens is 290 g/mol. The molecule has 1 heterocycles. The SMILES string of the molecule is Cc1cccc2c(CCNC(=O)NC3CCC(O)CC3)c[nH]c12. The molecule has 1 saturated carbocycles. The number of nitrogens with one attached hydrogen (secondary N) is 3. The quantitative estimate of drug-likeness (QED) is 0.700. The van der Waals surface area contributed by atoms with E-state index < -0.39 is 0 Å². The molecule has 2 aromatic rings. The van der Waals surface area contributed by atoms with Crippen LogP contribution in [0.4, 0.5) is 4.79 Å². The highest BCUT2D eigenvalue weighted by Gasteiger charge is 2.20. The summed E-state index contributed by atoms with van der Waals surface area (Å²) in [6, 6.07) is 6.35. The maximum atomic E-state index is 11.9. The van der Waals surface area contributed by atoms with Crippen LogP contribution in [0.5, 0.6) is 0 Å². The number of hydrogen-bond acceptors (Lipinski definition) is 2. The minimum Gasteiger partial charge on any atom is -0.393 e. The zero-order chi connectivity index (χ0) is 16.2. The van der Waals surface area contributed by atoms with Crippen LogP contribution < -0.4 is 10.6 Å². The number of H-pyrrole nitrogens is 1. The third kappa shape index (κ3) is 3.85. The molecule has 0 radical (unpaired) electrons. The normalized spacial score (nSPS) is 21.3. The van der Waals surface area contributed by atoms with Gasteiger partial charge in [0.15, 0.2) is 0 Å². The van der Waals surface area contributed by atoms with Gasteiger partial charge in [-0.3, -0.25) is 0 Å². The Bertz CT molecular complexity index is 672. The van der Waals surface area contributed by atoms with Crippen molar-refractivity contribution in [2.75, 3.05) is 6.54 Å². The van der Waals surface area contributed by atoms with E-state index in [2.05, 4.69) is 40.7 Å². The molecule has 0 bridgehead atoms. The van der Waals surface area contributed by atoms with Gasteiger partial charge in [-0.25, -0.2) is 4.79 Å². The predicted molar refractivity (Wildman–Crippen MR) is 91.5 cm³/mol. The van der Waals surface area contributed by atoms with Crippen molar-refractivity contribution < 1.29 is 9.90 Å². The van der Waals surface area contributed by atoms with Crippen molar-refractivity contribution in [2.45, 2.75) is 51.2 Å². The minimum absolute atomic E-state index is 0.109. The number of aliphatic hydroxyl groups is 1. The number of hydrogen-bond donors (Lipinski definition) is 4. The molecular formula is C18H25N3O2. The van der Waals surface area contributed by atoms with Gasteiger partial charge < -0.3 is 20.7 Å². The number of rotatable bonds is 4. The monoisotopic (exact) mass is 315 g/mol. The molecule has 1 aromatic carbocycles. The minimum atomic E-state index is -0.193. The second-order valence-corrected chi connectivity index (χ2v) is 6.47. The van der Waals surface area contributed by atoms with Gasteiger partial charge >= 0.3 is 6.03 Å². The van der Waals surface area contributed by atoms with E-state index in [9.17, 15) is 9.90 Å². The Labute approximate surface area is 136 Å². The molecule has 0 aliphatic heterocycles. The summed E-state index contributed by atoms with van der Waals surface area (Å²) in [5, 5.41) is 16.6. The first-order chi connectivity index (χ1) is 11.1. The fraction of sp³-hybridized carbons (Fsp3) is 0.500. The number of fused-ring (bicyclic) bond motifs is 1. The average molecular weight is 315 g/mol. The molecule has 0 spiro atoms. The predicted octanol–water partition coefficient (Wildman–Crippen LogP) is 2.62. The summed E-state index contributed by atoms with van der Waals surface area (Å²) < 4.78 is 0. The molecule has 1 aliphatic rings. The van der Waals surface area contributed by atoms with E-state index in [1.54, 1.807) is 0 Å². The fourth-order valence-electron chi connectivity index (χ4n) is 3.34. The maximum Gasteiger partial charge on any atom is 0.315 e. The van der Waals surface area contributed by atoms with Gasteiger partial charge in [-0.1, -0.05) is 18.2 Å².